The van der Waals surface area contributed by atoms with Crippen LogP contribution in [0.2, 0.25) is 0 Å². The van der Waals surface area contributed by atoms with Gasteiger partial charge in [0.25, 0.3) is 0 Å². The minimum atomic E-state index is -0.328. The van der Waals surface area contributed by atoms with Gasteiger partial charge in [-0.15, -0.1) is 0 Å². The summed E-state index contributed by atoms with van der Waals surface area (Å²) in [4.78, 5) is 14.3. The lowest BCUT2D eigenvalue weighted by Crippen LogP contribution is -2.20. The van der Waals surface area contributed by atoms with Crippen molar-refractivity contribution in [3.63, 3.8) is 0 Å². The van der Waals surface area contributed by atoms with Gasteiger partial charge in [0.05, 0.1) is 22.1 Å². The van der Waals surface area contributed by atoms with Gasteiger partial charge in [0.2, 0.25) is 0 Å². The highest BCUT2D eigenvalue weighted by Crippen LogP contribution is 2.38. The van der Waals surface area contributed by atoms with Gasteiger partial charge in [0.1, 0.15) is 0 Å². The summed E-state index contributed by atoms with van der Waals surface area (Å²) in [5.74, 6) is 0.0266. The van der Waals surface area contributed by atoms with E-state index in [1.165, 1.54) is 54.7 Å². The summed E-state index contributed by atoms with van der Waals surface area (Å²) in [6.07, 6.45) is 0. The lowest BCUT2D eigenvalue weighted by Gasteiger charge is -2.27. The Hall–Kier alpha value is -6.97. The third-order valence-corrected chi connectivity index (χ3v) is 12.5. The van der Waals surface area contributed by atoms with Crippen molar-refractivity contribution in [1.82, 2.24) is 9.13 Å². The van der Waals surface area contributed by atoms with Crippen LogP contribution in [0.15, 0.2) is 194 Å². The van der Waals surface area contributed by atoms with Gasteiger partial charge in [-0.1, -0.05) is 161 Å². The highest BCUT2D eigenvalue weighted by molar-refractivity contribution is 6.11. The van der Waals surface area contributed by atoms with Crippen molar-refractivity contribution in [3.8, 4) is 11.4 Å². The molecular weight excluding hydrogens is 705 g/mol. The Morgan fingerprint density at radius 1 is 0.345 bits per heavy atom. The quantitative estimate of drug-likeness (QED) is 0.142. The molecule has 0 unspecified atom stereocenters. The molecule has 8 aromatic carbocycles. The molecule has 0 aliphatic rings. The summed E-state index contributed by atoms with van der Waals surface area (Å²) in [5.41, 5.74) is 12.3. The lowest BCUT2D eigenvalue weighted by molar-refractivity contribution is 0.103. The zero-order valence-corrected chi connectivity index (χ0v) is 33.3. The third kappa shape index (κ3) is 5.69. The molecule has 10 rings (SSSR count). The third-order valence-electron chi connectivity index (χ3n) is 12.5. The molecule has 0 atom stereocenters. The van der Waals surface area contributed by atoms with Crippen LogP contribution in [0, 0.1) is 0 Å². The van der Waals surface area contributed by atoms with E-state index in [2.05, 4.69) is 207 Å². The first kappa shape index (κ1) is 35.4. The molecule has 0 fully saturated rings. The van der Waals surface area contributed by atoms with Crippen LogP contribution in [0.1, 0.15) is 65.9 Å². The molecule has 3 nitrogen and oxygen atoms in total. The Bertz CT molecular complexity index is 2850. The highest BCUT2D eigenvalue weighted by Gasteiger charge is 2.27. The van der Waals surface area contributed by atoms with E-state index in [9.17, 15) is 4.79 Å². The molecule has 0 aliphatic heterocycles. The molecule has 0 bridgehead atoms. The number of fused-ring (bicyclic) bond motifs is 6. The average molecular weight is 749 g/mol. The second-order valence-electron chi connectivity index (χ2n) is 16.6. The van der Waals surface area contributed by atoms with E-state index in [1.807, 2.05) is 24.3 Å². The molecular formula is C55H44N2O. The first-order valence-corrected chi connectivity index (χ1v) is 20.1. The molecule has 0 N–H and O–H groups in total. The van der Waals surface area contributed by atoms with Crippen molar-refractivity contribution in [2.45, 2.75) is 38.5 Å². The summed E-state index contributed by atoms with van der Waals surface area (Å²) in [5, 5.41) is 5.01. The van der Waals surface area contributed by atoms with E-state index < -0.39 is 0 Å². The van der Waals surface area contributed by atoms with Crippen LogP contribution in [0.25, 0.3) is 55.0 Å². The van der Waals surface area contributed by atoms with Gasteiger partial charge in [-0.3, -0.25) is 4.79 Å². The van der Waals surface area contributed by atoms with Crippen molar-refractivity contribution < 1.29 is 4.79 Å². The first-order valence-electron chi connectivity index (χ1n) is 20.1. The fraction of sp³-hybridized carbons (Fsp3) is 0.109. The van der Waals surface area contributed by atoms with Gasteiger partial charge < -0.3 is 9.13 Å². The van der Waals surface area contributed by atoms with Crippen molar-refractivity contribution >= 4 is 49.4 Å². The van der Waals surface area contributed by atoms with Crippen molar-refractivity contribution in [3.05, 3.63) is 228 Å². The lowest BCUT2D eigenvalue weighted by atomic mass is 9.76. The van der Waals surface area contributed by atoms with Crippen LogP contribution >= 0.6 is 0 Å². The molecule has 0 radical (unpaired) electrons. The normalized spacial score (nSPS) is 12.2. The fourth-order valence-electron chi connectivity index (χ4n) is 9.05. The van der Waals surface area contributed by atoms with Crippen LogP contribution in [-0.2, 0) is 10.8 Å². The van der Waals surface area contributed by atoms with Crippen LogP contribution < -0.4 is 0 Å². The summed E-state index contributed by atoms with van der Waals surface area (Å²) in [6, 6.07) is 68.6. The second-order valence-corrected chi connectivity index (χ2v) is 16.6. The van der Waals surface area contributed by atoms with Crippen LogP contribution in [0.5, 0.6) is 0 Å². The number of hydrogen-bond donors (Lipinski definition) is 0. The molecule has 58 heavy (non-hydrogen) atoms. The van der Waals surface area contributed by atoms with Crippen LogP contribution in [0.4, 0.5) is 0 Å². The number of hydrogen-bond acceptors (Lipinski definition) is 1. The zero-order chi connectivity index (χ0) is 39.6. The molecule has 2 aromatic heterocycles. The van der Waals surface area contributed by atoms with E-state index in [0.717, 1.165) is 22.5 Å². The maximum atomic E-state index is 14.3. The van der Waals surface area contributed by atoms with Gasteiger partial charge in [0.15, 0.2) is 5.78 Å². The number of rotatable bonds is 8. The zero-order valence-electron chi connectivity index (χ0n) is 33.3. The number of nitrogens with zero attached hydrogens (tertiary/aromatic N) is 2. The molecule has 0 aliphatic carbocycles. The Morgan fingerprint density at radius 3 is 0.983 bits per heavy atom. The fourth-order valence-corrected chi connectivity index (χ4v) is 9.05. The topological polar surface area (TPSA) is 26.9 Å². The molecule has 2 heterocycles. The number of para-hydroxylation sites is 4. The minimum absolute atomic E-state index is 0.0266. The van der Waals surface area contributed by atoms with Gasteiger partial charge in [0, 0.05) is 54.9 Å². The summed E-state index contributed by atoms with van der Waals surface area (Å²) in [6.45, 7) is 8.95. The SMILES string of the molecule is CC(C)(c1ccc(-n2c3ccccc3c3ccccc32)cc1)c1cccc(C(=O)c2cccc(C(C)(C)c3ccc(-n4c5ccccc5c5ccccc54)cc3)c2)c1. The summed E-state index contributed by atoms with van der Waals surface area (Å²) >= 11 is 0. The van der Waals surface area contributed by atoms with E-state index in [0.29, 0.717) is 11.1 Å². The number of carbonyl (C=O) groups is 1. The van der Waals surface area contributed by atoms with Gasteiger partial charge >= 0.3 is 0 Å². The average Bonchev–Trinajstić information content (AvgIpc) is 3.79. The molecule has 280 valence electrons. The maximum absolute atomic E-state index is 14.3. The molecule has 0 amide bonds. The number of carbonyl (C=O) groups excluding carboxylic acids is 1. The summed E-state index contributed by atoms with van der Waals surface area (Å²) in [7, 11) is 0. The second kappa shape index (κ2) is 13.6. The van der Waals surface area contributed by atoms with E-state index in [4.69, 9.17) is 0 Å². The van der Waals surface area contributed by atoms with Crippen molar-refractivity contribution in [2.75, 3.05) is 0 Å². The number of benzene rings is 8. The number of aromatic nitrogens is 2. The Morgan fingerprint density at radius 2 is 0.655 bits per heavy atom. The molecule has 3 heteroatoms. The summed E-state index contributed by atoms with van der Waals surface area (Å²) < 4.78 is 4.69. The van der Waals surface area contributed by atoms with E-state index in [-0.39, 0.29) is 16.6 Å². The standard InChI is InChI=1S/C55H44N2O/c1-54(2,39-27-31-43(32-28-39)56-49-23-9-5-19-45(49)46-20-6-10-24-50(46)56)41-17-13-15-37(35-41)53(58)38-16-14-18-42(36-38)55(3,4)40-29-33-44(34-30-40)57-51-25-11-7-21-47(51)48-22-8-12-26-52(48)57/h5-36H,1-4H3. The van der Waals surface area contributed by atoms with Crippen LogP contribution in [-0.4, -0.2) is 14.9 Å². The Balaban J connectivity index is 0.920. The predicted molar refractivity (Wildman–Crippen MR) is 242 cm³/mol. The first-order chi connectivity index (χ1) is 28.2. The minimum Gasteiger partial charge on any atom is -0.309 e. The molecule has 0 saturated carbocycles. The van der Waals surface area contributed by atoms with Crippen LogP contribution in [0.3, 0.4) is 0 Å². The Labute approximate surface area is 339 Å². The van der Waals surface area contributed by atoms with E-state index in [1.54, 1.807) is 0 Å². The highest BCUT2D eigenvalue weighted by atomic mass is 16.1. The van der Waals surface area contributed by atoms with E-state index >= 15 is 0 Å². The smallest absolute Gasteiger partial charge is 0.193 e. The molecule has 10 aromatic rings. The Kier molecular flexibility index (Phi) is 8.31. The monoisotopic (exact) mass is 748 g/mol. The molecule has 0 saturated heterocycles. The van der Waals surface area contributed by atoms with Crippen molar-refractivity contribution in [2.24, 2.45) is 0 Å². The van der Waals surface area contributed by atoms with Gasteiger partial charge in [-0.25, -0.2) is 0 Å². The van der Waals surface area contributed by atoms with Gasteiger partial charge in [-0.05, 0) is 82.9 Å². The molecule has 0 spiro atoms. The predicted octanol–water partition coefficient (Wildman–Crippen LogP) is 13.8. The largest absolute Gasteiger partial charge is 0.309 e. The van der Waals surface area contributed by atoms with Gasteiger partial charge in [-0.2, -0.15) is 0 Å². The van der Waals surface area contributed by atoms with Crippen molar-refractivity contribution in [1.29, 1.82) is 0 Å². The number of ketones is 1. The maximum Gasteiger partial charge on any atom is 0.193 e.